The van der Waals surface area contributed by atoms with Gasteiger partial charge in [-0.15, -0.1) is 0 Å². The minimum atomic E-state index is 0.0523. The zero-order valence-corrected chi connectivity index (χ0v) is 12.4. The molecule has 0 saturated carbocycles. The summed E-state index contributed by atoms with van der Waals surface area (Å²) in [6.07, 6.45) is 4.75. The Morgan fingerprint density at radius 1 is 1.25 bits per heavy atom. The third-order valence-corrected chi connectivity index (χ3v) is 3.04. The SMILES string of the molecule is Cc1cccc(OCCC(=O)NCCCCCCN)c1. The summed E-state index contributed by atoms with van der Waals surface area (Å²) < 4.78 is 5.54. The van der Waals surface area contributed by atoms with Gasteiger partial charge in [0.05, 0.1) is 13.0 Å². The number of rotatable bonds is 10. The van der Waals surface area contributed by atoms with E-state index in [1.54, 1.807) is 0 Å². The van der Waals surface area contributed by atoms with Gasteiger partial charge < -0.3 is 15.8 Å². The fraction of sp³-hybridized carbons (Fsp3) is 0.562. The molecule has 0 heterocycles. The third kappa shape index (κ3) is 7.79. The predicted octanol–water partition coefficient (Wildman–Crippen LogP) is 2.40. The molecule has 20 heavy (non-hydrogen) atoms. The molecule has 4 heteroatoms. The van der Waals surface area contributed by atoms with Crippen molar-refractivity contribution in [2.45, 2.75) is 39.0 Å². The quantitative estimate of drug-likeness (QED) is 0.646. The van der Waals surface area contributed by atoms with E-state index in [0.717, 1.165) is 50.1 Å². The lowest BCUT2D eigenvalue weighted by Crippen LogP contribution is -2.25. The Kier molecular flexibility index (Phi) is 8.47. The van der Waals surface area contributed by atoms with Gasteiger partial charge in [-0.05, 0) is 44.0 Å². The van der Waals surface area contributed by atoms with Crippen LogP contribution in [0.15, 0.2) is 24.3 Å². The van der Waals surface area contributed by atoms with Crippen LogP contribution in [-0.2, 0) is 4.79 Å². The topological polar surface area (TPSA) is 64.3 Å². The average Bonchev–Trinajstić information content (AvgIpc) is 2.43. The van der Waals surface area contributed by atoms with Crippen molar-refractivity contribution in [1.82, 2.24) is 5.32 Å². The number of nitrogens with one attached hydrogen (secondary N) is 1. The van der Waals surface area contributed by atoms with Crippen LogP contribution in [0.2, 0.25) is 0 Å². The Balaban J connectivity index is 2.03. The molecule has 0 unspecified atom stereocenters. The molecule has 0 saturated heterocycles. The Labute approximate surface area is 121 Å². The standard InChI is InChI=1S/C16H26N2O2/c1-14-7-6-8-15(13-14)20-12-9-16(19)18-11-5-3-2-4-10-17/h6-8,13H,2-5,9-12,17H2,1H3,(H,18,19). The summed E-state index contributed by atoms with van der Waals surface area (Å²) in [6.45, 7) is 3.93. The highest BCUT2D eigenvalue weighted by Gasteiger charge is 2.01. The van der Waals surface area contributed by atoms with Crippen LogP contribution >= 0.6 is 0 Å². The summed E-state index contributed by atoms with van der Waals surface area (Å²) in [5.74, 6) is 0.871. The normalized spacial score (nSPS) is 10.3. The number of hydrogen-bond acceptors (Lipinski definition) is 3. The van der Waals surface area contributed by atoms with Crippen molar-refractivity contribution < 1.29 is 9.53 Å². The fourth-order valence-corrected chi connectivity index (χ4v) is 1.91. The number of aryl methyl sites for hydroxylation is 1. The van der Waals surface area contributed by atoms with Crippen molar-refractivity contribution in [3.63, 3.8) is 0 Å². The largest absolute Gasteiger partial charge is 0.493 e. The van der Waals surface area contributed by atoms with Gasteiger partial charge in [-0.1, -0.05) is 25.0 Å². The monoisotopic (exact) mass is 278 g/mol. The van der Waals surface area contributed by atoms with Gasteiger partial charge in [-0.2, -0.15) is 0 Å². The molecule has 4 nitrogen and oxygen atoms in total. The molecule has 0 bridgehead atoms. The molecule has 0 spiro atoms. The Morgan fingerprint density at radius 3 is 2.80 bits per heavy atom. The molecule has 1 amide bonds. The van der Waals surface area contributed by atoms with Crippen molar-refractivity contribution in [1.29, 1.82) is 0 Å². The van der Waals surface area contributed by atoms with Crippen LogP contribution in [0.1, 0.15) is 37.7 Å². The fourth-order valence-electron chi connectivity index (χ4n) is 1.91. The molecule has 3 N–H and O–H groups in total. The van der Waals surface area contributed by atoms with Gasteiger partial charge in [0, 0.05) is 6.54 Å². The molecule has 1 rings (SSSR count). The predicted molar refractivity (Wildman–Crippen MR) is 81.8 cm³/mol. The molecule has 1 aromatic rings. The molecule has 0 fully saturated rings. The summed E-state index contributed by atoms with van der Waals surface area (Å²) in [4.78, 5) is 11.6. The van der Waals surface area contributed by atoms with Crippen molar-refractivity contribution in [3.8, 4) is 5.75 Å². The third-order valence-electron chi connectivity index (χ3n) is 3.04. The van der Waals surface area contributed by atoms with E-state index >= 15 is 0 Å². The van der Waals surface area contributed by atoms with Crippen LogP contribution in [0.25, 0.3) is 0 Å². The van der Waals surface area contributed by atoms with Gasteiger partial charge in [0.1, 0.15) is 5.75 Å². The minimum Gasteiger partial charge on any atom is -0.493 e. The van der Waals surface area contributed by atoms with Crippen LogP contribution in [-0.4, -0.2) is 25.6 Å². The number of benzene rings is 1. The Hall–Kier alpha value is -1.55. The lowest BCUT2D eigenvalue weighted by atomic mass is 10.2. The second-order valence-electron chi connectivity index (χ2n) is 4.97. The minimum absolute atomic E-state index is 0.0523. The number of ether oxygens (including phenoxy) is 1. The highest BCUT2D eigenvalue weighted by Crippen LogP contribution is 2.12. The van der Waals surface area contributed by atoms with Gasteiger partial charge in [-0.3, -0.25) is 4.79 Å². The molecular weight excluding hydrogens is 252 g/mol. The highest BCUT2D eigenvalue weighted by molar-refractivity contribution is 5.75. The lowest BCUT2D eigenvalue weighted by molar-refractivity contribution is -0.121. The van der Waals surface area contributed by atoms with E-state index in [0.29, 0.717) is 13.0 Å². The molecule has 1 aromatic carbocycles. The van der Waals surface area contributed by atoms with Crippen molar-refractivity contribution >= 4 is 5.91 Å². The molecule has 0 radical (unpaired) electrons. The zero-order chi connectivity index (χ0) is 14.6. The van der Waals surface area contributed by atoms with Gasteiger partial charge in [-0.25, -0.2) is 0 Å². The smallest absolute Gasteiger partial charge is 0.223 e. The number of unbranched alkanes of at least 4 members (excludes halogenated alkanes) is 3. The van der Waals surface area contributed by atoms with Crippen LogP contribution in [0.4, 0.5) is 0 Å². The van der Waals surface area contributed by atoms with E-state index in [-0.39, 0.29) is 5.91 Å². The van der Waals surface area contributed by atoms with E-state index in [2.05, 4.69) is 5.32 Å². The summed E-state index contributed by atoms with van der Waals surface area (Å²) in [5, 5.41) is 2.91. The molecule has 0 aliphatic heterocycles. The lowest BCUT2D eigenvalue weighted by Gasteiger charge is -2.07. The van der Waals surface area contributed by atoms with E-state index in [4.69, 9.17) is 10.5 Å². The first-order valence-corrected chi connectivity index (χ1v) is 7.38. The van der Waals surface area contributed by atoms with Crippen LogP contribution in [0, 0.1) is 6.92 Å². The van der Waals surface area contributed by atoms with Gasteiger partial charge in [0.2, 0.25) is 5.91 Å². The second-order valence-corrected chi connectivity index (χ2v) is 4.97. The van der Waals surface area contributed by atoms with Crippen molar-refractivity contribution in [3.05, 3.63) is 29.8 Å². The number of carbonyl (C=O) groups is 1. The number of amides is 1. The first-order chi connectivity index (χ1) is 9.72. The van der Waals surface area contributed by atoms with Gasteiger partial charge >= 0.3 is 0 Å². The number of hydrogen-bond donors (Lipinski definition) is 2. The molecule has 112 valence electrons. The first-order valence-electron chi connectivity index (χ1n) is 7.38. The van der Waals surface area contributed by atoms with E-state index in [9.17, 15) is 4.79 Å². The summed E-state index contributed by atoms with van der Waals surface area (Å²) in [6, 6.07) is 7.84. The molecule has 0 aromatic heterocycles. The second kappa shape index (κ2) is 10.3. The van der Waals surface area contributed by atoms with Crippen LogP contribution in [0.5, 0.6) is 5.75 Å². The Bertz CT molecular complexity index is 394. The Morgan fingerprint density at radius 2 is 2.05 bits per heavy atom. The zero-order valence-electron chi connectivity index (χ0n) is 12.4. The maximum atomic E-state index is 11.6. The van der Waals surface area contributed by atoms with E-state index in [1.807, 2.05) is 31.2 Å². The van der Waals surface area contributed by atoms with E-state index in [1.165, 1.54) is 0 Å². The average molecular weight is 278 g/mol. The molecule has 0 aliphatic rings. The number of nitrogens with two attached hydrogens (primary N) is 1. The summed E-state index contributed by atoms with van der Waals surface area (Å²) in [7, 11) is 0. The highest BCUT2D eigenvalue weighted by atomic mass is 16.5. The molecule has 0 atom stereocenters. The molecule has 0 aliphatic carbocycles. The maximum Gasteiger partial charge on any atom is 0.223 e. The summed E-state index contributed by atoms with van der Waals surface area (Å²) >= 11 is 0. The van der Waals surface area contributed by atoms with Crippen LogP contribution < -0.4 is 15.8 Å². The summed E-state index contributed by atoms with van der Waals surface area (Å²) in [5.41, 5.74) is 6.58. The van der Waals surface area contributed by atoms with Crippen LogP contribution in [0.3, 0.4) is 0 Å². The van der Waals surface area contributed by atoms with Gasteiger partial charge in [0.15, 0.2) is 0 Å². The van der Waals surface area contributed by atoms with Gasteiger partial charge in [0.25, 0.3) is 0 Å². The number of carbonyl (C=O) groups excluding carboxylic acids is 1. The maximum absolute atomic E-state index is 11.6. The van der Waals surface area contributed by atoms with Crippen molar-refractivity contribution in [2.24, 2.45) is 5.73 Å². The molecular formula is C16H26N2O2. The van der Waals surface area contributed by atoms with Crippen molar-refractivity contribution in [2.75, 3.05) is 19.7 Å². The van der Waals surface area contributed by atoms with E-state index < -0.39 is 0 Å². The first kappa shape index (κ1) is 16.5.